The molecule has 0 spiro atoms. The summed E-state index contributed by atoms with van der Waals surface area (Å²) in [7, 11) is 5.66. The number of aryl methyl sites for hydroxylation is 1. The van der Waals surface area contributed by atoms with Crippen LogP contribution in [0.4, 0.5) is 4.39 Å². The minimum Gasteiger partial charge on any atom is -0.497 e. The van der Waals surface area contributed by atoms with E-state index in [2.05, 4.69) is 68.9 Å². The average molecular weight is 1880 g/mol. The molecule has 4 aromatic carbocycles. The molecular weight excluding hydrogens is 1730 g/mol. The number of aromatic nitrogens is 1. The van der Waals surface area contributed by atoms with Crippen LogP contribution in [0.1, 0.15) is 222 Å². The maximum atomic E-state index is 16.4. The van der Waals surface area contributed by atoms with Gasteiger partial charge in [0, 0.05) is 140 Å². The van der Waals surface area contributed by atoms with E-state index in [1.165, 1.54) is 38.0 Å². The maximum Gasteiger partial charge on any atom is 0.246 e. The number of ether oxygens (including phenoxy) is 4. The lowest BCUT2D eigenvalue weighted by Crippen LogP contribution is -2.64. The van der Waals surface area contributed by atoms with Crippen LogP contribution >= 0.6 is 0 Å². The molecular formula is C101H144FN14O19+. The summed E-state index contributed by atoms with van der Waals surface area (Å²) >= 11 is 0. The zero-order valence-electron chi connectivity index (χ0n) is 80.0. The number of carbonyl (C=O) groups is 14. The molecule has 135 heavy (non-hydrogen) atoms. The lowest BCUT2D eigenvalue weighted by atomic mass is 9.95. The van der Waals surface area contributed by atoms with E-state index in [9.17, 15) is 43.5 Å². The molecule has 12 amide bonds. The highest BCUT2D eigenvalue weighted by Crippen LogP contribution is 2.33. The highest BCUT2D eigenvalue weighted by molar-refractivity contribution is 6.00. The van der Waals surface area contributed by atoms with Gasteiger partial charge in [-0.1, -0.05) is 119 Å². The van der Waals surface area contributed by atoms with Crippen molar-refractivity contribution in [1.29, 1.82) is 0 Å². The fourth-order valence-corrected chi connectivity index (χ4v) is 18.2. The van der Waals surface area contributed by atoms with E-state index in [-0.39, 0.29) is 134 Å². The second kappa shape index (κ2) is 53.4. The lowest BCUT2D eigenvalue weighted by Gasteiger charge is -2.37. The first-order chi connectivity index (χ1) is 64.9. The molecule has 10 N–H and O–H groups in total. The van der Waals surface area contributed by atoms with Gasteiger partial charge >= 0.3 is 0 Å². The highest BCUT2D eigenvalue weighted by atomic mass is 19.1. The Kier molecular flexibility index (Phi) is 42.0. The number of aliphatic hydroxyl groups excluding tert-OH is 1. The number of nitrogens with zero attached hydrogens (tertiary/aromatic N) is 5. The molecule has 0 radical (unpaired) electrons. The molecule has 2 fully saturated rings. The van der Waals surface area contributed by atoms with Gasteiger partial charge in [-0.2, -0.15) is 0 Å². The molecule has 738 valence electrons. The van der Waals surface area contributed by atoms with E-state index in [0.29, 0.717) is 134 Å². The molecule has 0 saturated carbocycles. The summed E-state index contributed by atoms with van der Waals surface area (Å²) in [5, 5.41) is 37.6. The number of hydrogen-bond donors (Lipinski definition) is 10. The molecule has 33 nitrogen and oxygen atoms in total. The molecule has 34 heteroatoms. The van der Waals surface area contributed by atoms with Crippen LogP contribution in [0.2, 0.25) is 0 Å². The Balaban J connectivity index is 0.915. The van der Waals surface area contributed by atoms with Gasteiger partial charge in [0.2, 0.25) is 70.9 Å². The molecule has 5 aromatic rings. The Morgan fingerprint density at radius 3 is 2.07 bits per heavy atom. The highest BCUT2D eigenvalue weighted by Gasteiger charge is 2.50. The number of methoxy groups -OCH3 is 1. The topological polar surface area (TPSA) is 419 Å². The van der Waals surface area contributed by atoms with E-state index in [1.54, 1.807) is 72.6 Å². The number of likely N-dealkylation sites (N-methyl/N-ethyl adjacent to an activating group) is 1. The van der Waals surface area contributed by atoms with E-state index in [4.69, 9.17) is 18.9 Å². The lowest BCUT2D eigenvalue weighted by molar-refractivity contribution is -0.890. The third kappa shape index (κ3) is 33.1. The van der Waals surface area contributed by atoms with Gasteiger partial charge in [0.15, 0.2) is 0 Å². The van der Waals surface area contributed by atoms with E-state index in [1.807, 2.05) is 28.8 Å². The molecule has 0 unspecified atom stereocenters. The van der Waals surface area contributed by atoms with Gasteiger partial charge in [-0.15, -0.1) is 0 Å². The van der Waals surface area contributed by atoms with Crippen molar-refractivity contribution in [3.8, 4) is 5.75 Å². The predicted octanol–water partition coefficient (Wildman–Crippen LogP) is 6.80. The molecule has 0 aliphatic carbocycles. The Bertz CT molecular complexity index is 4830. The Labute approximate surface area is 792 Å². The molecule has 10 atom stereocenters. The third-order valence-corrected chi connectivity index (χ3v) is 26.4. The van der Waals surface area contributed by atoms with Crippen LogP contribution in [0.25, 0.3) is 10.9 Å². The zero-order chi connectivity index (χ0) is 97.0. The monoisotopic (exact) mass is 1880 g/mol. The number of halogens is 1. The Hall–Kier alpha value is -11.1. The largest absolute Gasteiger partial charge is 0.497 e. The van der Waals surface area contributed by atoms with Gasteiger partial charge in [0.05, 0.1) is 66.4 Å². The summed E-state index contributed by atoms with van der Waals surface area (Å²) in [6, 6.07) is 13.9. The van der Waals surface area contributed by atoms with Crippen molar-refractivity contribution in [2.75, 3.05) is 100 Å². The number of aliphatic hydroxyl groups is 1. The first kappa shape index (κ1) is 106. The second-order valence-corrected chi connectivity index (χ2v) is 37.6. The van der Waals surface area contributed by atoms with Gasteiger partial charge < -0.3 is 95.7 Å². The number of unbranched alkanes of at least 4 members (excludes halogenated alkanes) is 7. The maximum absolute atomic E-state index is 16.4. The molecule has 6 aliphatic rings. The van der Waals surface area contributed by atoms with Crippen molar-refractivity contribution in [3.05, 3.63) is 136 Å². The quantitative estimate of drug-likeness (QED) is 0.0152. The van der Waals surface area contributed by atoms with Gasteiger partial charge in [-0.3, -0.25) is 67.1 Å². The average Bonchev–Trinajstić information content (AvgIpc) is 1.65. The standard InChI is InChI=1S/C101H143FN14O19/c1-8-9-10-17-28-87(120)103-47-18-13-11-12-16-26-77(118)27-22-53-116(5,6)54-56-134-58-57-133-55-45-78(119)36-39-81-94(125)108-82-61-73-24-21-25-74(59-73)64-105-89(122)67-135-86-44-52-114-92(86)97(128)111-91(69(3)117)96(127)110-83(60-71-33-37-79(132-7)38-34-71)99(130)115-51-23-46-101(115,4)100(131)104-48-43-70-29-31-72(32-30-70)65-113(90(123)42-41-88(121)106-68(2)93(124)107-81)50-20-15-14-19-49-112-66-75(62-84(98(114)129)109-95(82)126)80-63-76(102)35-40-85(80)112/h21,24-25,29-35,37-38,40,59,63,66,68-69,81-84,86,91-92,117H,8-20,22-23,26-28,36,39,41-58,60-62,64-65,67H2,1-7H3,(H8-,103,104,105,106,107,108,109,110,111,120,121,122,124,125,126,127,128,131)/p+1/t68-,69+,81+,82-,83-,84-,86-,91-,92-,101-/m0/s1. The van der Waals surface area contributed by atoms with Gasteiger partial charge in [-0.05, 0) is 149 Å². The Morgan fingerprint density at radius 2 is 1.31 bits per heavy atom. The summed E-state index contributed by atoms with van der Waals surface area (Å²) in [6.07, 6.45) is 11.4. The minimum absolute atomic E-state index is 0.0232. The third-order valence-electron chi connectivity index (χ3n) is 26.4. The second-order valence-electron chi connectivity index (χ2n) is 37.6. The fourth-order valence-electron chi connectivity index (χ4n) is 18.2. The summed E-state index contributed by atoms with van der Waals surface area (Å²) in [5.74, 6) is -8.67. The van der Waals surface area contributed by atoms with Crippen LogP contribution in [-0.4, -0.2) is 271 Å². The first-order valence-corrected chi connectivity index (χ1v) is 48.8. The molecule has 11 rings (SSSR count). The fraction of sp³-hybridized carbons (Fsp3) is 0.604. The van der Waals surface area contributed by atoms with Crippen LogP contribution in [-0.2, 0) is 127 Å². The number of quaternary nitrogens is 1. The molecule has 12 bridgehead atoms. The number of rotatable bonds is 33. The van der Waals surface area contributed by atoms with Gasteiger partial charge in [0.25, 0.3) is 0 Å². The van der Waals surface area contributed by atoms with Crippen LogP contribution in [0, 0.1) is 5.82 Å². The zero-order valence-corrected chi connectivity index (χ0v) is 80.0. The molecule has 6 aliphatic heterocycles. The SMILES string of the molecule is CCCCCCC(=O)NCCCCCCCC(=O)CCC[N+](C)(C)CCOCCOCCC(=O)CC[C@H]1NC(=O)[C@H](C)NC(=O)CCC(=O)N2CCCCCCn3cc(c4cc(F)ccc43)C[C@@H]3NC(=O)[C@H](Cc4cccc(c4)CNC(=O)CO[C@H]4CCN(C3=O)[C@@H]4C(=O)N[C@@H]([C@@H](C)O)C(=O)N[C@@H](Cc3ccc(OC)cc3)C(=O)N3CCC[C@@]3(C)C(=O)NCCc3ccc(cc3)C2)NC1=O. The number of hydrogen-bond acceptors (Lipinski definition) is 19. The van der Waals surface area contributed by atoms with E-state index < -0.39 is 138 Å². The summed E-state index contributed by atoms with van der Waals surface area (Å²) in [6.45, 7) is 9.45. The predicted molar refractivity (Wildman–Crippen MR) is 505 cm³/mol. The summed E-state index contributed by atoms with van der Waals surface area (Å²) < 4.78 is 42.1. The summed E-state index contributed by atoms with van der Waals surface area (Å²) in [5.41, 5.74) is 2.67. The normalized spacial score (nSPS) is 22.6. The number of ketones is 2. The Morgan fingerprint density at radius 1 is 0.615 bits per heavy atom. The van der Waals surface area contributed by atoms with Crippen LogP contribution in [0.5, 0.6) is 5.75 Å². The number of amides is 12. The van der Waals surface area contributed by atoms with Crippen molar-refractivity contribution in [3.63, 3.8) is 0 Å². The van der Waals surface area contributed by atoms with Crippen molar-refractivity contribution >= 4 is 93.4 Å². The van der Waals surface area contributed by atoms with Crippen molar-refractivity contribution in [2.45, 2.75) is 294 Å². The smallest absolute Gasteiger partial charge is 0.246 e. The molecule has 1 aromatic heterocycles. The van der Waals surface area contributed by atoms with E-state index >= 15 is 33.2 Å². The van der Waals surface area contributed by atoms with Gasteiger partial charge in [0.1, 0.15) is 84.1 Å². The van der Waals surface area contributed by atoms with Crippen LogP contribution in [0.3, 0.4) is 0 Å². The molecule has 2 saturated heterocycles. The van der Waals surface area contributed by atoms with Crippen molar-refractivity contribution in [1.82, 2.24) is 67.1 Å². The number of carbonyl (C=O) groups excluding carboxylic acids is 14. The van der Waals surface area contributed by atoms with Crippen LogP contribution < -0.4 is 52.6 Å². The first-order valence-electron chi connectivity index (χ1n) is 48.8. The van der Waals surface area contributed by atoms with Gasteiger partial charge in [-0.25, -0.2) is 4.39 Å². The summed E-state index contributed by atoms with van der Waals surface area (Å²) in [4.78, 5) is 209. The number of benzene rings is 4. The van der Waals surface area contributed by atoms with Crippen LogP contribution in [0.15, 0.2) is 97.2 Å². The van der Waals surface area contributed by atoms with Crippen molar-refractivity contribution < 1.29 is 100 Å². The number of Topliss-reactive ketones (excluding diaryl/α,β-unsaturated/α-hetero) is 2. The van der Waals surface area contributed by atoms with Crippen molar-refractivity contribution in [2.24, 2.45) is 0 Å². The number of nitrogens with one attached hydrogen (secondary N) is 9. The van der Waals surface area contributed by atoms with E-state index in [0.717, 1.165) is 86.8 Å². The molecule has 7 heterocycles. The minimum atomic E-state index is -1.87. The number of fused-ring (bicyclic) bond motifs is 16.